The molecule has 0 aliphatic rings. The molecule has 2 heteroatoms. The molecule has 0 aromatic carbocycles. The second kappa shape index (κ2) is 4.95. The molecule has 10 heavy (non-hydrogen) atoms. The third-order valence-corrected chi connectivity index (χ3v) is 1.06. The van der Waals surface area contributed by atoms with Crippen molar-refractivity contribution in [2.75, 3.05) is 6.54 Å². The van der Waals surface area contributed by atoms with E-state index in [1.165, 1.54) is 6.08 Å². The fraction of sp³-hybridized carbons (Fsp3) is 0.625. The lowest BCUT2D eigenvalue weighted by atomic mass is 10.1. The maximum absolute atomic E-state index is 9.66. The molecule has 56 valence electrons. The zero-order valence-corrected chi connectivity index (χ0v) is 6.55. The molecule has 0 aromatic heterocycles. The van der Waals surface area contributed by atoms with Crippen LogP contribution >= 0.6 is 0 Å². The summed E-state index contributed by atoms with van der Waals surface area (Å²) in [7, 11) is 0. The molecule has 0 heterocycles. The van der Waals surface area contributed by atoms with Crippen LogP contribution in [0.5, 0.6) is 0 Å². The summed E-state index contributed by atoms with van der Waals surface area (Å²) >= 11 is 0. The van der Waals surface area contributed by atoms with Gasteiger partial charge in [-0.15, -0.1) is 0 Å². The molecule has 0 aliphatic carbocycles. The average Bonchev–Trinajstić information content (AvgIpc) is 1.82. The minimum absolute atomic E-state index is 0.432. The minimum atomic E-state index is 0.432. The van der Waals surface area contributed by atoms with Crippen LogP contribution in [0.1, 0.15) is 20.3 Å². The molecular weight excluding hydrogens is 126 g/mol. The molecule has 0 aliphatic heterocycles. The molecule has 0 atom stereocenters. The van der Waals surface area contributed by atoms with Crippen LogP contribution in [0.2, 0.25) is 0 Å². The molecule has 0 bridgehead atoms. The quantitative estimate of drug-likeness (QED) is 0.332. The van der Waals surface area contributed by atoms with Crippen molar-refractivity contribution in [3.05, 3.63) is 12.2 Å². The number of hydrogen-bond donors (Lipinski definition) is 0. The van der Waals surface area contributed by atoms with E-state index >= 15 is 0 Å². The highest BCUT2D eigenvalue weighted by Gasteiger charge is 1.96. The molecule has 0 unspecified atom stereocenters. The Bertz CT molecular complexity index is 155. The van der Waals surface area contributed by atoms with Gasteiger partial charge in [0.1, 0.15) is 0 Å². The first-order valence-electron chi connectivity index (χ1n) is 3.37. The van der Waals surface area contributed by atoms with E-state index in [0.29, 0.717) is 12.5 Å². The van der Waals surface area contributed by atoms with E-state index in [9.17, 15) is 4.79 Å². The van der Waals surface area contributed by atoms with Crippen molar-refractivity contribution < 1.29 is 4.79 Å². The van der Waals surface area contributed by atoms with E-state index < -0.39 is 0 Å². The summed E-state index contributed by atoms with van der Waals surface area (Å²) in [5.74, 6) is 0.592. The zero-order valence-electron chi connectivity index (χ0n) is 6.55. The Morgan fingerprint density at radius 1 is 1.70 bits per heavy atom. The second-order valence-corrected chi connectivity index (χ2v) is 2.76. The largest absolute Gasteiger partial charge is 0.235 e. The van der Waals surface area contributed by atoms with Crippen LogP contribution in [0.15, 0.2) is 17.1 Å². The van der Waals surface area contributed by atoms with Gasteiger partial charge in [0, 0.05) is 0 Å². The van der Waals surface area contributed by atoms with Gasteiger partial charge in [-0.3, -0.25) is 0 Å². The van der Waals surface area contributed by atoms with E-state index in [2.05, 4.69) is 25.4 Å². The molecule has 0 radical (unpaired) electrons. The predicted octanol–water partition coefficient (Wildman–Crippen LogP) is 1.92. The van der Waals surface area contributed by atoms with Crippen molar-refractivity contribution in [1.82, 2.24) is 0 Å². The van der Waals surface area contributed by atoms with Gasteiger partial charge in [0.25, 0.3) is 0 Å². The average molecular weight is 139 g/mol. The fourth-order valence-electron chi connectivity index (χ4n) is 0.786. The topological polar surface area (TPSA) is 29.4 Å². The summed E-state index contributed by atoms with van der Waals surface area (Å²) < 4.78 is 0. The summed E-state index contributed by atoms with van der Waals surface area (Å²) in [5.41, 5.74) is 0.998. The van der Waals surface area contributed by atoms with Crippen LogP contribution in [0.25, 0.3) is 0 Å². The molecule has 0 amide bonds. The molecule has 0 fully saturated rings. The van der Waals surface area contributed by atoms with Crippen LogP contribution in [-0.4, -0.2) is 12.6 Å². The van der Waals surface area contributed by atoms with E-state index in [0.717, 1.165) is 12.0 Å². The monoisotopic (exact) mass is 139 g/mol. The van der Waals surface area contributed by atoms with Crippen LogP contribution in [0, 0.1) is 5.92 Å². The van der Waals surface area contributed by atoms with Crippen molar-refractivity contribution >= 4 is 6.08 Å². The highest BCUT2D eigenvalue weighted by atomic mass is 16.1. The Hall–Kier alpha value is -0.880. The number of rotatable bonds is 4. The number of isocyanates is 1. The van der Waals surface area contributed by atoms with Gasteiger partial charge in [0.2, 0.25) is 6.08 Å². The second-order valence-electron chi connectivity index (χ2n) is 2.76. The van der Waals surface area contributed by atoms with Gasteiger partial charge in [-0.2, -0.15) is 0 Å². The smallest absolute Gasteiger partial charge is 0.211 e. The van der Waals surface area contributed by atoms with E-state index in [-0.39, 0.29) is 0 Å². The highest BCUT2D eigenvalue weighted by Crippen LogP contribution is 2.07. The number of nitrogens with zero attached hydrogens (tertiary/aromatic N) is 1. The lowest BCUT2D eigenvalue weighted by molar-refractivity contribution is 0.562. The third-order valence-electron chi connectivity index (χ3n) is 1.06. The first kappa shape index (κ1) is 9.12. The molecule has 0 saturated carbocycles. The molecule has 0 rings (SSSR count). The highest BCUT2D eigenvalue weighted by molar-refractivity contribution is 5.33. The van der Waals surface area contributed by atoms with Crippen LogP contribution < -0.4 is 0 Å². The van der Waals surface area contributed by atoms with Crippen molar-refractivity contribution in [2.45, 2.75) is 20.3 Å². The molecular formula is C8H13NO. The van der Waals surface area contributed by atoms with Crippen LogP contribution in [0.4, 0.5) is 0 Å². The van der Waals surface area contributed by atoms with Gasteiger partial charge in [-0.05, 0) is 12.3 Å². The molecule has 0 N–H and O–H groups in total. The van der Waals surface area contributed by atoms with E-state index in [1.54, 1.807) is 0 Å². The standard InChI is InChI=1S/C8H13NO/c1-7(2)4-8(3)5-9-6-10/h7H,3-5H2,1-2H3. The molecule has 0 saturated heterocycles. The van der Waals surface area contributed by atoms with Crippen molar-refractivity contribution in [1.29, 1.82) is 0 Å². The first-order valence-corrected chi connectivity index (χ1v) is 3.37. The van der Waals surface area contributed by atoms with Gasteiger partial charge in [-0.25, -0.2) is 9.79 Å². The summed E-state index contributed by atoms with van der Waals surface area (Å²) in [6.45, 7) is 8.41. The number of carbonyl (C=O) groups excluding carboxylic acids is 1. The molecule has 0 spiro atoms. The van der Waals surface area contributed by atoms with Gasteiger partial charge >= 0.3 is 0 Å². The third kappa shape index (κ3) is 5.26. The Kier molecular flexibility index (Phi) is 4.51. The van der Waals surface area contributed by atoms with Gasteiger partial charge in [0.15, 0.2) is 0 Å². The summed E-state index contributed by atoms with van der Waals surface area (Å²) in [6.07, 6.45) is 2.42. The maximum atomic E-state index is 9.66. The molecule has 2 nitrogen and oxygen atoms in total. The lowest BCUT2D eigenvalue weighted by Crippen LogP contribution is -1.93. The lowest BCUT2D eigenvalue weighted by Gasteiger charge is -2.03. The van der Waals surface area contributed by atoms with Gasteiger partial charge in [-0.1, -0.05) is 26.0 Å². The summed E-state index contributed by atoms with van der Waals surface area (Å²) in [4.78, 5) is 13.1. The number of aliphatic imine (C=N–C) groups is 1. The van der Waals surface area contributed by atoms with Crippen molar-refractivity contribution in [2.24, 2.45) is 10.9 Å². The first-order chi connectivity index (χ1) is 4.66. The normalized spacial score (nSPS) is 9.10. The van der Waals surface area contributed by atoms with Gasteiger partial charge < -0.3 is 0 Å². The van der Waals surface area contributed by atoms with Crippen LogP contribution in [0.3, 0.4) is 0 Å². The summed E-state index contributed by atoms with van der Waals surface area (Å²) in [6, 6.07) is 0. The maximum Gasteiger partial charge on any atom is 0.235 e. The minimum Gasteiger partial charge on any atom is -0.211 e. The Balaban J connectivity index is 3.54. The van der Waals surface area contributed by atoms with Crippen LogP contribution in [-0.2, 0) is 4.79 Å². The predicted molar refractivity (Wildman–Crippen MR) is 41.6 cm³/mol. The van der Waals surface area contributed by atoms with E-state index in [1.807, 2.05) is 0 Å². The van der Waals surface area contributed by atoms with Gasteiger partial charge in [0.05, 0.1) is 6.54 Å². The SMILES string of the molecule is C=C(CN=C=O)CC(C)C. The fourth-order valence-corrected chi connectivity index (χ4v) is 0.786. The molecule has 0 aromatic rings. The van der Waals surface area contributed by atoms with E-state index in [4.69, 9.17) is 0 Å². The number of hydrogen-bond acceptors (Lipinski definition) is 2. The van der Waals surface area contributed by atoms with Crippen molar-refractivity contribution in [3.63, 3.8) is 0 Å². The zero-order chi connectivity index (χ0) is 7.98. The van der Waals surface area contributed by atoms with Crippen molar-refractivity contribution in [3.8, 4) is 0 Å². The Morgan fingerprint density at radius 3 is 2.70 bits per heavy atom. The summed E-state index contributed by atoms with van der Waals surface area (Å²) in [5, 5.41) is 0. The Morgan fingerprint density at radius 2 is 2.30 bits per heavy atom. The Labute approximate surface area is 61.7 Å².